The van der Waals surface area contributed by atoms with Crippen molar-refractivity contribution >= 4 is 28.9 Å². The number of thiocarbonyl (C=S) groups is 1. The van der Waals surface area contributed by atoms with Crippen molar-refractivity contribution in [1.29, 1.82) is 0 Å². The van der Waals surface area contributed by atoms with Gasteiger partial charge in [0.15, 0.2) is 5.78 Å². The number of nitrogens with zero attached hydrogens (tertiary/aromatic N) is 1. The predicted molar refractivity (Wildman–Crippen MR) is 104 cm³/mol. The largest absolute Gasteiger partial charge is 0.432 e. The number of ketones is 1. The van der Waals surface area contributed by atoms with Gasteiger partial charge in [-0.3, -0.25) is 9.69 Å². The molecule has 3 nitrogen and oxygen atoms in total. The van der Waals surface area contributed by atoms with E-state index in [1.807, 2.05) is 78.9 Å². The summed E-state index contributed by atoms with van der Waals surface area (Å²) in [6.07, 6.45) is 0. The number of rotatable bonds is 5. The lowest BCUT2D eigenvalue weighted by Gasteiger charge is -2.24. The van der Waals surface area contributed by atoms with E-state index in [0.717, 1.165) is 5.69 Å². The van der Waals surface area contributed by atoms with Crippen LogP contribution in [0.2, 0.25) is 0 Å². The van der Waals surface area contributed by atoms with Crippen LogP contribution in [-0.4, -0.2) is 17.5 Å². The smallest absolute Gasteiger partial charge is 0.269 e. The zero-order valence-electron chi connectivity index (χ0n) is 13.5. The molecule has 4 heteroatoms. The van der Waals surface area contributed by atoms with Crippen molar-refractivity contribution in [3.63, 3.8) is 0 Å². The van der Waals surface area contributed by atoms with Gasteiger partial charge in [0.2, 0.25) is 0 Å². The van der Waals surface area contributed by atoms with Gasteiger partial charge in [0, 0.05) is 11.3 Å². The normalized spacial score (nSPS) is 10.1. The standard InChI is InChI=1S/C21H17NO2S/c23-20(17-10-4-1-5-11-17)16-22(18-12-6-2-7-13-18)21(25)24-19-14-8-3-9-15-19/h1-15H,16H2. The number of anilines is 1. The fraction of sp³-hybridized carbons (Fsp3) is 0.0476. The Hall–Kier alpha value is -2.98. The van der Waals surface area contributed by atoms with Gasteiger partial charge < -0.3 is 4.74 Å². The molecule has 0 aromatic heterocycles. The molecule has 0 heterocycles. The summed E-state index contributed by atoms with van der Waals surface area (Å²) in [4.78, 5) is 14.3. The van der Waals surface area contributed by atoms with Crippen molar-refractivity contribution in [3.05, 3.63) is 96.6 Å². The Morgan fingerprint density at radius 1 is 0.800 bits per heavy atom. The number of hydrogen-bond acceptors (Lipinski definition) is 3. The fourth-order valence-electron chi connectivity index (χ4n) is 2.37. The molecule has 0 spiro atoms. The molecule has 124 valence electrons. The highest BCUT2D eigenvalue weighted by atomic mass is 32.1. The van der Waals surface area contributed by atoms with Crippen LogP contribution in [0.4, 0.5) is 5.69 Å². The minimum Gasteiger partial charge on any atom is -0.432 e. The van der Waals surface area contributed by atoms with Gasteiger partial charge in [-0.15, -0.1) is 0 Å². The van der Waals surface area contributed by atoms with Gasteiger partial charge >= 0.3 is 0 Å². The monoisotopic (exact) mass is 347 g/mol. The lowest BCUT2D eigenvalue weighted by Crippen LogP contribution is -2.37. The van der Waals surface area contributed by atoms with Gasteiger partial charge in [-0.2, -0.15) is 0 Å². The van der Waals surface area contributed by atoms with Gasteiger partial charge in [0.1, 0.15) is 5.75 Å². The van der Waals surface area contributed by atoms with E-state index in [1.54, 1.807) is 17.0 Å². The zero-order chi connectivity index (χ0) is 17.5. The van der Waals surface area contributed by atoms with Crippen LogP contribution in [-0.2, 0) is 0 Å². The van der Waals surface area contributed by atoms with Gasteiger partial charge in [-0.25, -0.2) is 0 Å². The van der Waals surface area contributed by atoms with E-state index in [1.165, 1.54) is 0 Å². The molecule has 3 rings (SSSR count). The predicted octanol–water partition coefficient (Wildman–Crippen LogP) is 4.74. The first-order valence-electron chi connectivity index (χ1n) is 7.92. The number of Topliss-reactive ketones (excluding diaryl/α,β-unsaturated/α-hetero) is 1. The maximum Gasteiger partial charge on any atom is 0.269 e. The number of carbonyl (C=O) groups is 1. The summed E-state index contributed by atoms with van der Waals surface area (Å²) >= 11 is 5.46. The molecule has 0 aliphatic heterocycles. The van der Waals surface area contributed by atoms with Gasteiger partial charge in [-0.1, -0.05) is 66.7 Å². The van der Waals surface area contributed by atoms with Crippen LogP contribution in [0.1, 0.15) is 10.4 Å². The van der Waals surface area contributed by atoms with Crippen LogP contribution in [0.5, 0.6) is 5.75 Å². The summed E-state index contributed by atoms with van der Waals surface area (Å²) in [7, 11) is 0. The first-order chi connectivity index (χ1) is 12.2. The minimum atomic E-state index is -0.0246. The number of para-hydroxylation sites is 2. The molecule has 0 atom stereocenters. The highest BCUT2D eigenvalue weighted by molar-refractivity contribution is 7.80. The summed E-state index contributed by atoms with van der Waals surface area (Å²) in [5.41, 5.74) is 1.46. The Morgan fingerprint density at radius 3 is 1.92 bits per heavy atom. The van der Waals surface area contributed by atoms with Crippen molar-refractivity contribution in [2.45, 2.75) is 0 Å². The van der Waals surface area contributed by atoms with Crippen LogP contribution in [0.3, 0.4) is 0 Å². The van der Waals surface area contributed by atoms with Gasteiger partial charge in [-0.05, 0) is 36.5 Å². The van der Waals surface area contributed by atoms with Crippen LogP contribution >= 0.6 is 12.2 Å². The van der Waals surface area contributed by atoms with Crippen LogP contribution in [0.25, 0.3) is 0 Å². The van der Waals surface area contributed by atoms with E-state index in [2.05, 4.69) is 0 Å². The van der Waals surface area contributed by atoms with E-state index in [4.69, 9.17) is 17.0 Å². The first kappa shape index (κ1) is 16.9. The lowest BCUT2D eigenvalue weighted by molar-refractivity contribution is 0.100. The van der Waals surface area contributed by atoms with E-state index in [-0.39, 0.29) is 17.5 Å². The first-order valence-corrected chi connectivity index (χ1v) is 8.32. The summed E-state index contributed by atoms with van der Waals surface area (Å²) in [5.74, 6) is 0.615. The molecule has 0 radical (unpaired) electrons. The number of carbonyl (C=O) groups excluding carboxylic acids is 1. The Kier molecular flexibility index (Phi) is 5.54. The molecular weight excluding hydrogens is 330 g/mol. The summed E-state index contributed by atoms with van der Waals surface area (Å²) in [5, 5.41) is 0.238. The third-order valence-corrected chi connectivity index (χ3v) is 3.94. The Bertz CT molecular complexity index is 836. The lowest BCUT2D eigenvalue weighted by atomic mass is 10.1. The second kappa shape index (κ2) is 8.22. The molecule has 3 aromatic carbocycles. The van der Waals surface area contributed by atoms with Gasteiger partial charge in [0.05, 0.1) is 6.54 Å². The SMILES string of the molecule is O=C(CN(C(=S)Oc1ccccc1)c1ccccc1)c1ccccc1. The average molecular weight is 347 g/mol. The zero-order valence-corrected chi connectivity index (χ0v) is 14.4. The Labute approximate surface area is 152 Å². The summed E-state index contributed by atoms with van der Waals surface area (Å²) in [6, 6.07) is 28.0. The molecule has 0 aliphatic carbocycles. The second-order valence-corrected chi connectivity index (χ2v) is 5.74. The molecule has 25 heavy (non-hydrogen) atoms. The molecule has 0 saturated heterocycles. The molecular formula is C21H17NO2S. The molecule has 0 bridgehead atoms. The van der Waals surface area contributed by atoms with Crippen molar-refractivity contribution in [2.75, 3.05) is 11.4 Å². The topological polar surface area (TPSA) is 29.5 Å². The second-order valence-electron chi connectivity index (χ2n) is 5.39. The highest BCUT2D eigenvalue weighted by Gasteiger charge is 2.18. The molecule has 0 saturated carbocycles. The van der Waals surface area contributed by atoms with E-state index < -0.39 is 0 Å². The van der Waals surface area contributed by atoms with Crippen LogP contribution < -0.4 is 9.64 Å². The maximum atomic E-state index is 12.6. The van der Waals surface area contributed by atoms with Crippen molar-refractivity contribution in [1.82, 2.24) is 0 Å². The van der Waals surface area contributed by atoms with Crippen molar-refractivity contribution in [2.24, 2.45) is 0 Å². The molecule has 0 fully saturated rings. The van der Waals surface area contributed by atoms with Crippen molar-refractivity contribution < 1.29 is 9.53 Å². The Morgan fingerprint density at radius 2 is 1.32 bits per heavy atom. The molecule has 0 aliphatic rings. The molecule has 3 aromatic rings. The van der Waals surface area contributed by atoms with E-state index >= 15 is 0 Å². The molecule has 0 N–H and O–H groups in total. The number of hydrogen-bond donors (Lipinski definition) is 0. The van der Waals surface area contributed by atoms with E-state index in [9.17, 15) is 4.79 Å². The third-order valence-electron chi connectivity index (χ3n) is 3.63. The quantitative estimate of drug-likeness (QED) is 0.492. The minimum absolute atomic E-state index is 0.0246. The van der Waals surface area contributed by atoms with E-state index in [0.29, 0.717) is 11.3 Å². The molecule has 0 unspecified atom stereocenters. The van der Waals surface area contributed by atoms with Crippen molar-refractivity contribution in [3.8, 4) is 5.75 Å². The summed E-state index contributed by atoms with van der Waals surface area (Å²) in [6.45, 7) is 0.111. The maximum absolute atomic E-state index is 12.6. The van der Waals surface area contributed by atoms with Crippen LogP contribution in [0.15, 0.2) is 91.0 Å². The fourth-order valence-corrected chi connectivity index (χ4v) is 2.64. The average Bonchev–Trinajstić information content (AvgIpc) is 2.68. The van der Waals surface area contributed by atoms with Gasteiger partial charge in [0.25, 0.3) is 5.17 Å². The Balaban J connectivity index is 1.83. The van der Waals surface area contributed by atoms with Crippen LogP contribution in [0, 0.1) is 0 Å². The molecule has 0 amide bonds. The number of ether oxygens (including phenoxy) is 1. The number of benzene rings is 3. The highest BCUT2D eigenvalue weighted by Crippen LogP contribution is 2.18. The summed E-state index contributed by atoms with van der Waals surface area (Å²) < 4.78 is 5.77. The third kappa shape index (κ3) is 4.52.